The molecule has 88 valence electrons. The van der Waals surface area contributed by atoms with Crippen LogP contribution in [0.2, 0.25) is 0 Å². The molecular weight excluding hydrogens is 192 g/mol. The third-order valence-corrected chi connectivity index (χ3v) is 3.14. The molecular formula is C11H22N2O2. The third kappa shape index (κ3) is 2.92. The Hall–Kier alpha value is -0.610. The van der Waals surface area contributed by atoms with Crippen molar-refractivity contribution in [2.45, 2.75) is 32.6 Å². The molecule has 1 fully saturated rings. The quantitative estimate of drug-likeness (QED) is 0.642. The first-order chi connectivity index (χ1) is 7.20. The van der Waals surface area contributed by atoms with Crippen molar-refractivity contribution in [3.05, 3.63) is 0 Å². The Bertz CT molecular complexity index is 215. The average Bonchev–Trinajstić information content (AvgIpc) is 3.04. The van der Waals surface area contributed by atoms with E-state index in [-0.39, 0.29) is 17.9 Å². The largest absolute Gasteiger partial charge is 0.395 e. The van der Waals surface area contributed by atoms with Crippen molar-refractivity contribution >= 4 is 5.91 Å². The first-order valence-electron chi connectivity index (χ1n) is 5.80. The van der Waals surface area contributed by atoms with E-state index < -0.39 is 0 Å². The van der Waals surface area contributed by atoms with Crippen LogP contribution in [0.15, 0.2) is 0 Å². The van der Waals surface area contributed by atoms with Gasteiger partial charge in [0.15, 0.2) is 0 Å². The van der Waals surface area contributed by atoms with Crippen molar-refractivity contribution in [1.29, 1.82) is 0 Å². The van der Waals surface area contributed by atoms with Crippen LogP contribution in [0.3, 0.4) is 0 Å². The highest BCUT2D eigenvalue weighted by Gasteiger charge is 2.50. The summed E-state index contributed by atoms with van der Waals surface area (Å²) in [5.74, 6) is 0.146. The minimum absolute atomic E-state index is 0.0378. The van der Waals surface area contributed by atoms with E-state index in [4.69, 9.17) is 10.8 Å². The van der Waals surface area contributed by atoms with E-state index in [1.54, 1.807) is 4.90 Å². The molecule has 0 radical (unpaired) electrons. The molecule has 15 heavy (non-hydrogen) atoms. The van der Waals surface area contributed by atoms with E-state index in [1.807, 2.05) is 0 Å². The van der Waals surface area contributed by atoms with Crippen LogP contribution in [0.4, 0.5) is 0 Å². The molecule has 0 aromatic rings. The van der Waals surface area contributed by atoms with Gasteiger partial charge in [0.2, 0.25) is 5.91 Å². The lowest BCUT2D eigenvalue weighted by Gasteiger charge is -2.26. The Morgan fingerprint density at radius 3 is 2.53 bits per heavy atom. The van der Waals surface area contributed by atoms with Gasteiger partial charge in [0.25, 0.3) is 0 Å². The summed E-state index contributed by atoms with van der Waals surface area (Å²) in [7, 11) is 0. The van der Waals surface area contributed by atoms with Gasteiger partial charge in [0, 0.05) is 19.6 Å². The lowest BCUT2D eigenvalue weighted by atomic mass is 10.1. The van der Waals surface area contributed by atoms with E-state index in [9.17, 15) is 4.79 Å². The molecule has 0 aromatic carbocycles. The molecule has 0 spiro atoms. The molecule has 3 N–H and O–H groups in total. The van der Waals surface area contributed by atoms with Gasteiger partial charge in [-0.1, -0.05) is 13.3 Å². The molecule has 0 aromatic heterocycles. The first-order valence-corrected chi connectivity index (χ1v) is 5.80. The first kappa shape index (κ1) is 12.5. The predicted molar refractivity (Wildman–Crippen MR) is 59.3 cm³/mol. The molecule has 0 saturated heterocycles. The summed E-state index contributed by atoms with van der Waals surface area (Å²) >= 11 is 0. The standard InChI is InChI=1S/C11H22N2O2/c1-2-3-6-13(7-8-14)10(15)11(9-12)4-5-11/h14H,2-9,12H2,1H3. The predicted octanol–water partition coefficient (Wildman–Crippen LogP) is 0.346. The molecule has 4 heteroatoms. The van der Waals surface area contributed by atoms with Gasteiger partial charge >= 0.3 is 0 Å². The minimum Gasteiger partial charge on any atom is -0.395 e. The lowest BCUT2D eigenvalue weighted by molar-refractivity contribution is -0.137. The number of unbranched alkanes of at least 4 members (excludes halogenated alkanes) is 1. The molecule has 1 aliphatic carbocycles. The number of carbonyl (C=O) groups excluding carboxylic acids is 1. The SMILES string of the molecule is CCCCN(CCO)C(=O)C1(CN)CC1. The van der Waals surface area contributed by atoms with Crippen molar-refractivity contribution in [2.24, 2.45) is 11.1 Å². The maximum Gasteiger partial charge on any atom is 0.230 e. The molecule has 0 heterocycles. The smallest absolute Gasteiger partial charge is 0.230 e. The van der Waals surface area contributed by atoms with E-state index in [1.165, 1.54) is 0 Å². The van der Waals surface area contributed by atoms with Crippen LogP contribution >= 0.6 is 0 Å². The number of carbonyl (C=O) groups is 1. The van der Waals surface area contributed by atoms with Gasteiger partial charge < -0.3 is 15.7 Å². The number of aliphatic hydroxyl groups is 1. The monoisotopic (exact) mass is 214 g/mol. The molecule has 1 amide bonds. The van der Waals surface area contributed by atoms with Gasteiger partial charge in [-0.25, -0.2) is 0 Å². The van der Waals surface area contributed by atoms with E-state index in [0.29, 0.717) is 13.1 Å². The molecule has 1 saturated carbocycles. The zero-order valence-corrected chi connectivity index (χ0v) is 9.54. The number of amides is 1. The Morgan fingerprint density at radius 2 is 2.13 bits per heavy atom. The summed E-state index contributed by atoms with van der Waals surface area (Å²) in [4.78, 5) is 13.9. The number of nitrogens with two attached hydrogens (primary N) is 1. The van der Waals surface area contributed by atoms with E-state index >= 15 is 0 Å². The van der Waals surface area contributed by atoms with Gasteiger partial charge in [-0.15, -0.1) is 0 Å². The van der Waals surface area contributed by atoms with Crippen LogP contribution in [0.5, 0.6) is 0 Å². The summed E-state index contributed by atoms with van der Waals surface area (Å²) in [6.45, 7) is 3.77. The average molecular weight is 214 g/mol. The fourth-order valence-corrected chi connectivity index (χ4v) is 1.78. The molecule has 0 unspecified atom stereocenters. The molecule has 0 atom stereocenters. The van der Waals surface area contributed by atoms with Gasteiger partial charge in [0.05, 0.1) is 12.0 Å². The molecule has 0 bridgehead atoms. The van der Waals surface area contributed by atoms with E-state index in [0.717, 1.165) is 32.2 Å². The Balaban J connectivity index is 2.50. The molecule has 1 rings (SSSR count). The highest BCUT2D eigenvalue weighted by Crippen LogP contribution is 2.46. The number of hydrogen-bond donors (Lipinski definition) is 2. The second kappa shape index (κ2) is 5.47. The van der Waals surface area contributed by atoms with Gasteiger partial charge in [-0.05, 0) is 19.3 Å². The number of rotatable bonds is 7. The third-order valence-electron chi connectivity index (χ3n) is 3.14. The highest BCUT2D eigenvalue weighted by atomic mass is 16.3. The zero-order valence-electron chi connectivity index (χ0n) is 9.54. The van der Waals surface area contributed by atoms with Crippen molar-refractivity contribution in [1.82, 2.24) is 4.90 Å². The fourth-order valence-electron chi connectivity index (χ4n) is 1.78. The topological polar surface area (TPSA) is 66.6 Å². The highest BCUT2D eigenvalue weighted by molar-refractivity contribution is 5.85. The fraction of sp³-hybridized carbons (Fsp3) is 0.909. The number of nitrogens with zero attached hydrogens (tertiary/aromatic N) is 1. The Labute approximate surface area is 91.4 Å². The van der Waals surface area contributed by atoms with Crippen LogP contribution in [-0.2, 0) is 4.79 Å². The Kier molecular flexibility index (Phi) is 4.54. The van der Waals surface area contributed by atoms with Crippen LogP contribution in [-0.4, -0.2) is 42.2 Å². The second-order valence-electron chi connectivity index (χ2n) is 4.35. The molecule has 4 nitrogen and oxygen atoms in total. The van der Waals surface area contributed by atoms with Crippen molar-refractivity contribution < 1.29 is 9.90 Å². The Morgan fingerprint density at radius 1 is 1.47 bits per heavy atom. The molecule has 0 aliphatic heterocycles. The zero-order chi connectivity index (χ0) is 11.3. The van der Waals surface area contributed by atoms with Crippen LogP contribution in [0.25, 0.3) is 0 Å². The van der Waals surface area contributed by atoms with Gasteiger partial charge in [-0.2, -0.15) is 0 Å². The lowest BCUT2D eigenvalue weighted by Crippen LogP contribution is -2.42. The number of aliphatic hydroxyl groups excluding tert-OH is 1. The summed E-state index contributed by atoms with van der Waals surface area (Å²) in [5.41, 5.74) is 5.35. The second-order valence-corrected chi connectivity index (χ2v) is 4.35. The van der Waals surface area contributed by atoms with E-state index in [2.05, 4.69) is 6.92 Å². The number of hydrogen-bond acceptors (Lipinski definition) is 3. The molecule has 1 aliphatic rings. The normalized spacial score (nSPS) is 17.5. The van der Waals surface area contributed by atoms with Crippen molar-refractivity contribution in [2.75, 3.05) is 26.2 Å². The van der Waals surface area contributed by atoms with Gasteiger partial charge in [0.1, 0.15) is 0 Å². The minimum atomic E-state index is -0.275. The summed E-state index contributed by atoms with van der Waals surface area (Å²) in [6, 6.07) is 0. The van der Waals surface area contributed by atoms with Crippen LogP contribution < -0.4 is 5.73 Å². The summed E-state index contributed by atoms with van der Waals surface area (Å²) in [5, 5.41) is 8.92. The van der Waals surface area contributed by atoms with Crippen LogP contribution in [0.1, 0.15) is 32.6 Å². The maximum atomic E-state index is 12.1. The maximum absolute atomic E-state index is 12.1. The van der Waals surface area contributed by atoms with Crippen LogP contribution in [0, 0.1) is 5.41 Å². The summed E-state index contributed by atoms with van der Waals surface area (Å²) in [6.07, 6.45) is 3.88. The summed E-state index contributed by atoms with van der Waals surface area (Å²) < 4.78 is 0. The van der Waals surface area contributed by atoms with Crippen molar-refractivity contribution in [3.8, 4) is 0 Å². The van der Waals surface area contributed by atoms with Gasteiger partial charge in [-0.3, -0.25) is 4.79 Å². The van der Waals surface area contributed by atoms with Crippen molar-refractivity contribution in [3.63, 3.8) is 0 Å².